The molecule has 0 atom stereocenters. The van der Waals surface area contributed by atoms with Crippen molar-refractivity contribution in [3.05, 3.63) is 23.5 Å². The van der Waals surface area contributed by atoms with Crippen LogP contribution in [0.25, 0.3) is 11.0 Å². The van der Waals surface area contributed by atoms with Crippen molar-refractivity contribution in [2.45, 2.75) is 31.6 Å². The third-order valence-corrected chi connectivity index (χ3v) is 4.37. The maximum absolute atomic E-state index is 12.0. The molecule has 3 rings (SSSR count). The number of carbonyl (C=O) groups is 1. The van der Waals surface area contributed by atoms with E-state index in [1.807, 2.05) is 11.6 Å². The van der Waals surface area contributed by atoms with Crippen LogP contribution in [0.3, 0.4) is 0 Å². The van der Waals surface area contributed by atoms with Crippen LogP contribution in [-0.4, -0.2) is 29.7 Å². The Morgan fingerprint density at radius 3 is 2.62 bits per heavy atom. The van der Waals surface area contributed by atoms with Crippen molar-refractivity contribution < 1.29 is 14.3 Å². The molecule has 0 spiro atoms. The Kier molecular flexibility index (Phi) is 3.57. The second-order valence-electron chi connectivity index (χ2n) is 5.51. The van der Waals surface area contributed by atoms with Gasteiger partial charge in [0.1, 0.15) is 17.1 Å². The smallest absolute Gasteiger partial charge is 0.340 e. The Hall–Kier alpha value is -2.04. The van der Waals surface area contributed by atoms with Gasteiger partial charge in [0.05, 0.1) is 25.3 Å². The van der Waals surface area contributed by atoms with Gasteiger partial charge in [-0.1, -0.05) is 12.8 Å². The van der Waals surface area contributed by atoms with Crippen LogP contribution in [0.5, 0.6) is 5.75 Å². The molecule has 0 radical (unpaired) electrons. The highest BCUT2D eigenvalue weighted by atomic mass is 16.5. The lowest BCUT2D eigenvalue weighted by Gasteiger charge is -2.10. The topological polar surface area (TPSA) is 53.4 Å². The van der Waals surface area contributed by atoms with Crippen molar-refractivity contribution in [2.24, 2.45) is 7.05 Å². The Labute approximate surface area is 123 Å². The number of esters is 1. The molecule has 0 aliphatic heterocycles. The molecule has 0 N–H and O–H groups in total. The average Bonchev–Trinajstić information content (AvgIpc) is 3.14. The zero-order chi connectivity index (χ0) is 15.0. The van der Waals surface area contributed by atoms with Crippen LogP contribution < -0.4 is 4.74 Å². The molecule has 1 aliphatic carbocycles. The Bertz CT molecular complexity index is 684. The molecule has 5 heteroatoms. The molecule has 1 heterocycles. The first-order valence-corrected chi connectivity index (χ1v) is 7.29. The number of ether oxygens (including phenoxy) is 2. The van der Waals surface area contributed by atoms with Crippen LogP contribution >= 0.6 is 0 Å². The minimum Gasteiger partial charge on any atom is -0.494 e. The summed E-state index contributed by atoms with van der Waals surface area (Å²) in [6, 6.07) is 3.52. The molecule has 0 amide bonds. The molecule has 0 saturated heterocycles. The number of hydrogen-bond donors (Lipinski definition) is 0. The second-order valence-corrected chi connectivity index (χ2v) is 5.51. The number of hydrogen-bond acceptors (Lipinski definition) is 4. The highest BCUT2D eigenvalue weighted by Gasteiger charge is 2.26. The summed E-state index contributed by atoms with van der Waals surface area (Å²) in [5.41, 5.74) is 2.07. The molecule has 0 bridgehead atoms. The standard InChI is InChI=1S/C16H20N2O3/c1-18-14-11(16(19)21-3)8-9-12(20-2)13(14)17-15(18)10-6-4-5-7-10/h8-10H,4-7H2,1-3H3. The first kappa shape index (κ1) is 13.9. The average molecular weight is 288 g/mol. The summed E-state index contributed by atoms with van der Waals surface area (Å²) in [5, 5.41) is 0. The minimum absolute atomic E-state index is 0.344. The fraction of sp³-hybridized carbons (Fsp3) is 0.500. The molecule has 21 heavy (non-hydrogen) atoms. The number of carbonyl (C=O) groups excluding carboxylic acids is 1. The van der Waals surface area contributed by atoms with Gasteiger partial charge in [-0.2, -0.15) is 0 Å². The van der Waals surface area contributed by atoms with Gasteiger partial charge in [0.15, 0.2) is 0 Å². The van der Waals surface area contributed by atoms with Gasteiger partial charge in [0.25, 0.3) is 0 Å². The SMILES string of the molecule is COC(=O)c1ccc(OC)c2nc(C3CCCC3)n(C)c12. The zero-order valence-corrected chi connectivity index (χ0v) is 12.7. The van der Waals surface area contributed by atoms with Crippen molar-refractivity contribution in [1.82, 2.24) is 9.55 Å². The molecule has 112 valence electrons. The normalized spacial score (nSPS) is 15.6. The van der Waals surface area contributed by atoms with E-state index in [1.165, 1.54) is 20.0 Å². The van der Waals surface area contributed by atoms with Crippen molar-refractivity contribution >= 4 is 17.0 Å². The summed E-state index contributed by atoms with van der Waals surface area (Å²) in [4.78, 5) is 16.8. The van der Waals surface area contributed by atoms with Gasteiger partial charge in [-0.15, -0.1) is 0 Å². The molecule has 1 aliphatic rings. The maximum atomic E-state index is 12.0. The van der Waals surface area contributed by atoms with Crippen molar-refractivity contribution in [3.8, 4) is 5.75 Å². The van der Waals surface area contributed by atoms with E-state index < -0.39 is 0 Å². The van der Waals surface area contributed by atoms with Crippen molar-refractivity contribution in [1.29, 1.82) is 0 Å². The highest BCUT2D eigenvalue weighted by Crippen LogP contribution is 2.37. The number of fused-ring (bicyclic) bond motifs is 1. The number of imidazole rings is 1. The van der Waals surface area contributed by atoms with Gasteiger partial charge < -0.3 is 14.0 Å². The first-order chi connectivity index (χ1) is 10.2. The second kappa shape index (κ2) is 5.39. The Balaban J connectivity index is 2.24. The van der Waals surface area contributed by atoms with Crippen molar-refractivity contribution in [2.75, 3.05) is 14.2 Å². The summed E-state index contributed by atoms with van der Waals surface area (Å²) in [5.74, 6) is 1.86. The predicted octanol–water partition coefficient (Wildman–Crippen LogP) is 3.03. The molecule has 1 fully saturated rings. The van der Waals surface area contributed by atoms with Gasteiger partial charge in [0.2, 0.25) is 0 Å². The molecular formula is C16H20N2O3. The third-order valence-electron chi connectivity index (χ3n) is 4.37. The van der Waals surface area contributed by atoms with Gasteiger partial charge in [-0.05, 0) is 25.0 Å². The minimum atomic E-state index is -0.344. The van der Waals surface area contributed by atoms with Gasteiger partial charge in [-0.3, -0.25) is 0 Å². The number of aromatic nitrogens is 2. The molecule has 2 aromatic rings. The number of nitrogens with zero attached hydrogens (tertiary/aromatic N) is 2. The lowest BCUT2D eigenvalue weighted by atomic mass is 10.1. The van der Waals surface area contributed by atoms with E-state index >= 15 is 0 Å². The predicted molar refractivity (Wildman–Crippen MR) is 79.8 cm³/mol. The van der Waals surface area contributed by atoms with E-state index in [-0.39, 0.29) is 5.97 Å². The molecular weight excluding hydrogens is 268 g/mol. The number of rotatable bonds is 3. The van der Waals surface area contributed by atoms with E-state index in [4.69, 9.17) is 14.5 Å². The quantitative estimate of drug-likeness (QED) is 0.815. The molecule has 1 aromatic heterocycles. The summed E-state index contributed by atoms with van der Waals surface area (Å²) >= 11 is 0. The van der Waals surface area contributed by atoms with Crippen LogP contribution in [0.4, 0.5) is 0 Å². The Morgan fingerprint density at radius 2 is 2.00 bits per heavy atom. The van der Waals surface area contributed by atoms with Gasteiger partial charge in [0, 0.05) is 13.0 Å². The van der Waals surface area contributed by atoms with Crippen LogP contribution in [0.1, 0.15) is 47.8 Å². The van der Waals surface area contributed by atoms with Gasteiger partial charge in [-0.25, -0.2) is 9.78 Å². The Morgan fingerprint density at radius 1 is 1.29 bits per heavy atom. The number of benzene rings is 1. The fourth-order valence-corrected chi connectivity index (χ4v) is 3.30. The lowest BCUT2D eigenvalue weighted by Crippen LogP contribution is -2.07. The van der Waals surface area contributed by atoms with Crippen LogP contribution in [0, 0.1) is 0 Å². The summed E-state index contributed by atoms with van der Waals surface area (Å²) < 4.78 is 12.3. The first-order valence-electron chi connectivity index (χ1n) is 7.29. The molecule has 1 saturated carbocycles. The third kappa shape index (κ3) is 2.17. The maximum Gasteiger partial charge on any atom is 0.340 e. The monoisotopic (exact) mass is 288 g/mol. The van der Waals surface area contributed by atoms with E-state index in [1.54, 1.807) is 19.2 Å². The summed E-state index contributed by atoms with van der Waals surface area (Å²) in [7, 11) is 4.98. The zero-order valence-electron chi connectivity index (χ0n) is 12.7. The van der Waals surface area contributed by atoms with E-state index in [9.17, 15) is 4.79 Å². The van der Waals surface area contributed by atoms with Crippen LogP contribution in [0.15, 0.2) is 12.1 Å². The molecule has 0 unspecified atom stereocenters. The highest BCUT2D eigenvalue weighted by molar-refractivity contribution is 6.04. The van der Waals surface area contributed by atoms with Crippen LogP contribution in [-0.2, 0) is 11.8 Å². The van der Waals surface area contributed by atoms with E-state index in [2.05, 4.69) is 0 Å². The van der Waals surface area contributed by atoms with E-state index in [0.717, 1.165) is 29.7 Å². The van der Waals surface area contributed by atoms with Crippen LogP contribution in [0.2, 0.25) is 0 Å². The largest absolute Gasteiger partial charge is 0.494 e. The molecule has 1 aromatic carbocycles. The lowest BCUT2D eigenvalue weighted by molar-refractivity contribution is 0.0602. The fourth-order valence-electron chi connectivity index (χ4n) is 3.30. The van der Waals surface area contributed by atoms with E-state index in [0.29, 0.717) is 17.2 Å². The summed E-state index contributed by atoms with van der Waals surface area (Å²) in [6.07, 6.45) is 4.81. The summed E-state index contributed by atoms with van der Waals surface area (Å²) in [6.45, 7) is 0. The number of aryl methyl sites for hydroxylation is 1. The van der Waals surface area contributed by atoms with Crippen molar-refractivity contribution in [3.63, 3.8) is 0 Å². The van der Waals surface area contributed by atoms with Gasteiger partial charge >= 0.3 is 5.97 Å². The number of methoxy groups -OCH3 is 2. The molecule has 5 nitrogen and oxygen atoms in total.